The van der Waals surface area contributed by atoms with Crippen LogP contribution in [0.1, 0.15) is 39.0 Å². The quantitative estimate of drug-likeness (QED) is 0.595. The van der Waals surface area contributed by atoms with Gasteiger partial charge >= 0.3 is 0 Å². The third kappa shape index (κ3) is 5.56. The highest BCUT2D eigenvalue weighted by molar-refractivity contribution is 4.71. The van der Waals surface area contributed by atoms with Gasteiger partial charge in [0.2, 0.25) is 0 Å². The zero-order valence-corrected chi connectivity index (χ0v) is 7.96. The van der Waals surface area contributed by atoms with Gasteiger partial charge in [-0.3, -0.25) is 0 Å². The van der Waals surface area contributed by atoms with Gasteiger partial charge in [0.25, 0.3) is 0 Å². The van der Waals surface area contributed by atoms with Crippen LogP contribution in [-0.2, 0) is 4.74 Å². The van der Waals surface area contributed by atoms with Crippen molar-refractivity contribution in [3.8, 4) is 0 Å². The maximum absolute atomic E-state index is 8.97. The molecule has 2 nitrogen and oxygen atoms in total. The molecule has 1 atom stereocenters. The summed E-state index contributed by atoms with van der Waals surface area (Å²) >= 11 is 0. The molecule has 2 heteroatoms. The van der Waals surface area contributed by atoms with E-state index in [9.17, 15) is 0 Å². The molecule has 12 heavy (non-hydrogen) atoms. The van der Waals surface area contributed by atoms with Crippen molar-refractivity contribution in [2.45, 2.75) is 45.1 Å². The normalized spacial score (nSPS) is 19.5. The van der Waals surface area contributed by atoms with Crippen LogP contribution in [0.5, 0.6) is 0 Å². The van der Waals surface area contributed by atoms with E-state index in [4.69, 9.17) is 9.84 Å². The number of aliphatic hydroxyl groups is 1. The molecule has 1 N–H and O–H groups in total. The Bertz CT molecular complexity index is 102. The molecule has 0 spiro atoms. The summed E-state index contributed by atoms with van der Waals surface area (Å²) in [6.07, 6.45) is 5.68. The van der Waals surface area contributed by atoms with Crippen LogP contribution in [0.3, 0.4) is 0 Å². The van der Waals surface area contributed by atoms with Gasteiger partial charge in [-0.15, -0.1) is 0 Å². The maximum Gasteiger partial charge on any atom is 0.0512 e. The fraction of sp³-hybridized carbons (Fsp3) is 1.00. The van der Waals surface area contributed by atoms with Crippen molar-refractivity contribution in [3.63, 3.8) is 0 Å². The molecule has 72 valence electrons. The van der Waals surface area contributed by atoms with E-state index >= 15 is 0 Å². The molecule has 0 saturated heterocycles. The third-order valence-corrected chi connectivity index (χ3v) is 2.21. The Morgan fingerprint density at radius 3 is 2.75 bits per heavy atom. The molecule has 1 aliphatic rings. The monoisotopic (exact) mass is 172 g/mol. The lowest BCUT2D eigenvalue weighted by Crippen LogP contribution is -2.02. The molecule has 0 bridgehead atoms. The summed E-state index contributed by atoms with van der Waals surface area (Å²) in [6, 6.07) is 0. The molecule has 1 fully saturated rings. The van der Waals surface area contributed by atoms with Crippen molar-refractivity contribution in [2.75, 3.05) is 13.2 Å². The number of unbranched alkanes of at least 4 members (excludes halogenated alkanes) is 1. The molecule has 0 aromatic carbocycles. The van der Waals surface area contributed by atoms with E-state index in [2.05, 4.69) is 0 Å². The fourth-order valence-corrected chi connectivity index (χ4v) is 1.18. The Hall–Kier alpha value is -0.0800. The summed E-state index contributed by atoms with van der Waals surface area (Å²) < 4.78 is 5.46. The van der Waals surface area contributed by atoms with Gasteiger partial charge in [0.05, 0.1) is 6.10 Å². The first-order valence-corrected chi connectivity index (χ1v) is 5.05. The van der Waals surface area contributed by atoms with Crippen molar-refractivity contribution in [2.24, 2.45) is 5.92 Å². The van der Waals surface area contributed by atoms with Crippen molar-refractivity contribution in [3.05, 3.63) is 0 Å². The van der Waals surface area contributed by atoms with Crippen LogP contribution >= 0.6 is 0 Å². The second-order valence-electron chi connectivity index (χ2n) is 3.86. The molecule has 1 aliphatic carbocycles. The van der Waals surface area contributed by atoms with Gasteiger partial charge < -0.3 is 9.84 Å². The zero-order valence-electron chi connectivity index (χ0n) is 7.96. The molecule has 0 aromatic heterocycles. The molecular weight excluding hydrogens is 152 g/mol. The average Bonchev–Trinajstić information content (AvgIpc) is 2.79. The lowest BCUT2D eigenvalue weighted by molar-refractivity contribution is 0.115. The molecule has 1 unspecified atom stereocenters. The smallest absolute Gasteiger partial charge is 0.0512 e. The molecule has 0 amide bonds. The summed E-state index contributed by atoms with van der Waals surface area (Å²) in [5.41, 5.74) is 0. The first-order valence-electron chi connectivity index (χ1n) is 5.05. The maximum atomic E-state index is 8.97. The highest BCUT2D eigenvalue weighted by Crippen LogP contribution is 2.28. The fourth-order valence-electron chi connectivity index (χ4n) is 1.18. The van der Waals surface area contributed by atoms with Gasteiger partial charge in [0.1, 0.15) is 0 Å². The van der Waals surface area contributed by atoms with Crippen molar-refractivity contribution in [1.82, 2.24) is 0 Å². The summed E-state index contributed by atoms with van der Waals surface area (Å²) in [6.45, 7) is 3.68. The van der Waals surface area contributed by atoms with E-state index in [0.29, 0.717) is 0 Å². The van der Waals surface area contributed by atoms with E-state index < -0.39 is 0 Å². The Morgan fingerprint density at radius 2 is 2.17 bits per heavy atom. The van der Waals surface area contributed by atoms with Crippen molar-refractivity contribution >= 4 is 0 Å². The van der Waals surface area contributed by atoms with Gasteiger partial charge in [-0.1, -0.05) is 0 Å². The lowest BCUT2D eigenvalue weighted by Gasteiger charge is -2.04. The van der Waals surface area contributed by atoms with Crippen molar-refractivity contribution < 1.29 is 9.84 Å². The van der Waals surface area contributed by atoms with Crippen LogP contribution in [0.15, 0.2) is 0 Å². The summed E-state index contributed by atoms with van der Waals surface area (Å²) in [4.78, 5) is 0. The largest absolute Gasteiger partial charge is 0.393 e. The second kappa shape index (κ2) is 5.55. The number of aliphatic hydroxyl groups excluding tert-OH is 1. The van der Waals surface area contributed by atoms with E-state index in [-0.39, 0.29) is 6.10 Å². The number of hydrogen-bond acceptors (Lipinski definition) is 2. The highest BCUT2D eigenvalue weighted by atomic mass is 16.5. The minimum atomic E-state index is -0.145. The van der Waals surface area contributed by atoms with E-state index in [1.54, 1.807) is 0 Å². The van der Waals surface area contributed by atoms with Gasteiger partial charge in [-0.25, -0.2) is 0 Å². The van der Waals surface area contributed by atoms with Crippen LogP contribution in [0.25, 0.3) is 0 Å². The first kappa shape index (κ1) is 10.0. The van der Waals surface area contributed by atoms with E-state index in [1.165, 1.54) is 12.8 Å². The Kier molecular flexibility index (Phi) is 4.62. The Morgan fingerprint density at radius 1 is 1.42 bits per heavy atom. The SMILES string of the molecule is CC(O)CCCCOCC1CC1. The third-order valence-electron chi connectivity index (χ3n) is 2.21. The van der Waals surface area contributed by atoms with E-state index in [1.807, 2.05) is 6.92 Å². The molecule has 0 aliphatic heterocycles. The Balaban J connectivity index is 1.70. The summed E-state index contributed by atoms with van der Waals surface area (Å²) in [5.74, 6) is 0.877. The minimum absolute atomic E-state index is 0.145. The molecule has 0 aromatic rings. The minimum Gasteiger partial charge on any atom is -0.393 e. The topological polar surface area (TPSA) is 29.5 Å². The number of ether oxygens (including phenoxy) is 1. The summed E-state index contributed by atoms with van der Waals surface area (Å²) in [5, 5.41) is 8.97. The molecule has 0 heterocycles. The number of rotatable bonds is 7. The second-order valence-corrected chi connectivity index (χ2v) is 3.86. The predicted molar refractivity (Wildman–Crippen MR) is 49.1 cm³/mol. The molecule has 1 saturated carbocycles. The predicted octanol–water partition coefficient (Wildman–Crippen LogP) is 1.96. The van der Waals surface area contributed by atoms with Gasteiger partial charge in [0.15, 0.2) is 0 Å². The van der Waals surface area contributed by atoms with Crippen LogP contribution in [0.4, 0.5) is 0 Å². The van der Waals surface area contributed by atoms with Gasteiger partial charge in [-0.05, 0) is 44.9 Å². The van der Waals surface area contributed by atoms with Gasteiger partial charge in [0, 0.05) is 13.2 Å². The van der Waals surface area contributed by atoms with Crippen LogP contribution in [0, 0.1) is 5.92 Å². The molecule has 1 rings (SSSR count). The zero-order chi connectivity index (χ0) is 8.81. The van der Waals surface area contributed by atoms with Crippen LogP contribution in [-0.4, -0.2) is 24.4 Å². The highest BCUT2D eigenvalue weighted by Gasteiger charge is 2.20. The average molecular weight is 172 g/mol. The van der Waals surface area contributed by atoms with Crippen LogP contribution in [0.2, 0.25) is 0 Å². The van der Waals surface area contributed by atoms with Gasteiger partial charge in [-0.2, -0.15) is 0 Å². The summed E-state index contributed by atoms with van der Waals surface area (Å²) in [7, 11) is 0. The number of hydrogen-bond donors (Lipinski definition) is 1. The standard InChI is InChI=1S/C10H20O2/c1-9(11)4-2-3-7-12-8-10-5-6-10/h9-11H,2-8H2,1H3. The lowest BCUT2D eigenvalue weighted by atomic mass is 10.2. The Labute approximate surface area is 74.9 Å². The first-order chi connectivity index (χ1) is 5.79. The molecular formula is C10H20O2. The van der Waals surface area contributed by atoms with Crippen molar-refractivity contribution in [1.29, 1.82) is 0 Å². The molecule has 0 radical (unpaired) electrons. The van der Waals surface area contributed by atoms with Crippen LogP contribution < -0.4 is 0 Å². The van der Waals surface area contributed by atoms with E-state index in [0.717, 1.165) is 38.4 Å².